The summed E-state index contributed by atoms with van der Waals surface area (Å²) in [6, 6.07) is 6.22. The molecule has 2 aromatic rings. The van der Waals surface area contributed by atoms with Crippen molar-refractivity contribution in [1.29, 1.82) is 0 Å². The molecule has 0 spiro atoms. The second kappa shape index (κ2) is 6.04. The van der Waals surface area contributed by atoms with Crippen molar-refractivity contribution in [2.45, 2.75) is 37.8 Å². The van der Waals surface area contributed by atoms with Gasteiger partial charge in [0.2, 0.25) is 5.88 Å². The number of thioether (sulfide) groups is 1. The Morgan fingerprint density at radius 3 is 2.61 bits per heavy atom. The Kier molecular flexibility index (Phi) is 4.23. The van der Waals surface area contributed by atoms with Crippen LogP contribution in [0.1, 0.15) is 31.9 Å². The molecule has 1 heterocycles. The molecule has 4 nitrogen and oxygen atoms in total. The van der Waals surface area contributed by atoms with Crippen LogP contribution in [0.25, 0.3) is 11.3 Å². The zero-order chi connectivity index (χ0) is 16.6. The fourth-order valence-electron chi connectivity index (χ4n) is 3.19. The van der Waals surface area contributed by atoms with Gasteiger partial charge in [-0.1, -0.05) is 38.6 Å². The Morgan fingerprint density at radius 2 is 1.96 bits per heavy atom. The van der Waals surface area contributed by atoms with Crippen LogP contribution in [0.2, 0.25) is 0 Å². The molecule has 0 unspecified atom stereocenters. The van der Waals surface area contributed by atoms with Crippen LogP contribution in [-0.4, -0.2) is 29.9 Å². The van der Waals surface area contributed by atoms with Crippen LogP contribution < -0.4 is 9.47 Å². The minimum Gasteiger partial charge on any atom is -0.497 e. The monoisotopic (exact) mass is 330 g/mol. The van der Waals surface area contributed by atoms with Crippen LogP contribution in [0.15, 0.2) is 23.4 Å². The Balaban J connectivity index is 2.29. The van der Waals surface area contributed by atoms with Crippen LogP contribution in [0.5, 0.6) is 11.6 Å². The van der Waals surface area contributed by atoms with Crippen LogP contribution in [0, 0.1) is 0 Å². The molecule has 5 heteroatoms. The van der Waals surface area contributed by atoms with Gasteiger partial charge in [0.05, 0.1) is 19.9 Å². The number of benzene rings is 1. The van der Waals surface area contributed by atoms with Crippen LogP contribution in [0.4, 0.5) is 0 Å². The number of hydrogen-bond acceptors (Lipinski definition) is 5. The molecular formula is C18H22N2O2S. The van der Waals surface area contributed by atoms with Crippen LogP contribution in [0.3, 0.4) is 0 Å². The maximum Gasteiger partial charge on any atom is 0.221 e. The SMILES string of the molecule is CCSc1nc(OC)c2c(n1)-c1cc(OC)ccc1CC2(C)C. The molecule has 0 N–H and O–H groups in total. The molecule has 0 aliphatic heterocycles. The molecule has 0 atom stereocenters. The standard InChI is InChI=1S/C18H22N2O2S/c1-6-23-17-19-15-13-9-12(21-4)8-7-11(13)10-18(2,3)14(15)16(20-17)22-5/h7-9H,6,10H2,1-5H3. The number of hydrogen-bond donors (Lipinski definition) is 0. The molecule has 0 radical (unpaired) electrons. The molecule has 0 saturated heterocycles. The fourth-order valence-corrected chi connectivity index (χ4v) is 3.75. The molecule has 0 bridgehead atoms. The second-order valence-corrected chi connectivity index (χ2v) is 7.49. The van der Waals surface area contributed by atoms with E-state index in [0.717, 1.165) is 39.9 Å². The largest absolute Gasteiger partial charge is 0.497 e. The summed E-state index contributed by atoms with van der Waals surface area (Å²) in [5, 5.41) is 0.759. The summed E-state index contributed by atoms with van der Waals surface area (Å²) in [5.41, 5.74) is 4.39. The van der Waals surface area contributed by atoms with E-state index in [1.807, 2.05) is 6.07 Å². The van der Waals surface area contributed by atoms with Gasteiger partial charge in [-0.2, -0.15) is 4.98 Å². The van der Waals surface area contributed by atoms with Gasteiger partial charge in [-0.3, -0.25) is 0 Å². The molecule has 1 aromatic heterocycles. The second-order valence-electron chi connectivity index (χ2n) is 6.26. The lowest BCUT2D eigenvalue weighted by atomic mass is 9.72. The summed E-state index contributed by atoms with van der Waals surface area (Å²) in [5.74, 6) is 2.46. The lowest BCUT2D eigenvalue weighted by molar-refractivity contribution is 0.367. The van der Waals surface area contributed by atoms with Gasteiger partial charge in [0.15, 0.2) is 5.16 Å². The number of methoxy groups -OCH3 is 2. The van der Waals surface area contributed by atoms with E-state index in [0.29, 0.717) is 5.88 Å². The molecule has 122 valence electrons. The number of fused-ring (bicyclic) bond motifs is 3. The summed E-state index contributed by atoms with van der Waals surface area (Å²) >= 11 is 1.63. The number of aromatic nitrogens is 2. The minimum absolute atomic E-state index is 0.0717. The number of ether oxygens (including phenoxy) is 2. The van der Waals surface area contributed by atoms with E-state index in [4.69, 9.17) is 14.5 Å². The molecule has 1 aromatic carbocycles. The fraction of sp³-hybridized carbons (Fsp3) is 0.444. The topological polar surface area (TPSA) is 44.2 Å². The highest BCUT2D eigenvalue weighted by Gasteiger charge is 2.36. The predicted octanol–water partition coefficient (Wildman–Crippen LogP) is 4.11. The average Bonchev–Trinajstić information content (AvgIpc) is 2.53. The third-order valence-electron chi connectivity index (χ3n) is 4.20. The Hall–Kier alpha value is -1.75. The first-order valence-electron chi connectivity index (χ1n) is 7.76. The normalized spacial score (nSPS) is 14.8. The van der Waals surface area contributed by atoms with E-state index >= 15 is 0 Å². The smallest absolute Gasteiger partial charge is 0.221 e. The molecule has 0 saturated carbocycles. The van der Waals surface area contributed by atoms with Crippen LogP contribution in [-0.2, 0) is 11.8 Å². The quantitative estimate of drug-likeness (QED) is 0.623. The van der Waals surface area contributed by atoms with E-state index in [-0.39, 0.29) is 5.41 Å². The predicted molar refractivity (Wildman–Crippen MR) is 93.7 cm³/mol. The Morgan fingerprint density at radius 1 is 1.17 bits per heavy atom. The first-order valence-corrected chi connectivity index (χ1v) is 8.75. The van der Waals surface area contributed by atoms with E-state index < -0.39 is 0 Å². The zero-order valence-corrected chi connectivity index (χ0v) is 15.1. The van der Waals surface area contributed by atoms with Gasteiger partial charge in [-0.15, -0.1) is 0 Å². The van der Waals surface area contributed by atoms with Crippen molar-refractivity contribution in [3.05, 3.63) is 29.3 Å². The third-order valence-corrected chi connectivity index (χ3v) is 4.93. The van der Waals surface area contributed by atoms with E-state index in [1.165, 1.54) is 5.56 Å². The summed E-state index contributed by atoms with van der Waals surface area (Å²) in [6.07, 6.45) is 0.930. The van der Waals surface area contributed by atoms with Gasteiger partial charge in [0, 0.05) is 16.5 Å². The highest BCUT2D eigenvalue weighted by atomic mass is 32.2. The first-order chi connectivity index (χ1) is 11.0. The highest BCUT2D eigenvalue weighted by molar-refractivity contribution is 7.99. The van der Waals surface area contributed by atoms with Crippen molar-refractivity contribution in [3.8, 4) is 22.9 Å². The Labute approximate surface area is 141 Å². The van der Waals surface area contributed by atoms with Crippen molar-refractivity contribution in [2.24, 2.45) is 0 Å². The van der Waals surface area contributed by atoms with Gasteiger partial charge >= 0.3 is 0 Å². The summed E-state index contributed by atoms with van der Waals surface area (Å²) in [4.78, 5) is 9.44. The highest BCUT2D eigenvalue weighted by Crippen LogP contribution is 2.47. The molecule has 3 rings (SSSR count). The van der Waals surface area contributed by atoms with Gasteiger partial charge in [-0.25, -0.2) is 4.98 Å². The van der Waals surface area contributed by atoms with Crippen molar-refractivity contribution in [1.82, 2.24) is 9.97 Å². The lowest BCUT2D eigenvalue weighted by Gasteiger charge is -2.34. The number of rotatable bonds is 4. The molecule has 23 heavy (non-hydrogen) atoms. The first kappa shape index (κ1) is 16.1. The molecule has 0 amide bonds. The maximum absolute atomic E-state index is 5.61. The van der Waals surface area contributed by atoms with E-state index in [2.05, 4.69) is 37.9 Å². The molecule has 0 fully saturated rings. The van der Waals surface area contributed by atoms with Gasteiger partial charge in [-0.05, 0) is 29.9 Å². The summed E-state index contributed by atoms with van der Waals surface area (Å²) in [7, 11) is 3.37. The number of nitrogens with zero attached hydrogens (tertiary/aromatic N) is 2. The Bertz CT molecular complexity index is 744. The zero-order valence-electron chi connectivity index (χ0n) is 14.3. The summed E-state index contributed by atoms with van der Waals surface area (Å²) in [6.45, 7) is 6.54. The van der Waals surface area contributed by atoms with Gasteiger partial charge < -0.3 is 9.47 Å². The van der Waals surface area contributed by atoms with E-state index in [9.17, 15) is 0 Å². The molecule has 1 aliphatic carbocycles. The van der Waals surface area contributed by atoms with Crippen molar-refractivity contribution in [2.75, 3.05) is 20.0 Å². The van der Waals surface area contributed by atoms with Crippen molar-refractivity contribution in [3.63, 3.8) is 0 Å². The molecular weight excluding hydrogens is 308 g/mol. The minimum atomic E-state index is -0.0717. The van der Waals surface area contributed by atoms with Crippen molar-refractivity contribution < 1.29 is 9.47 Å². The third kappa shape index (κ3) is 2.78. The molecule has 1 aliphatic rings. The lowest BCUT2D eigenvalue weighted by Crippen LogP contribution is -2.28. The average molecular weight is 330 g/mol. The van der Waals surface area contributed by atoms with Crippen molar-refractivity contribution >= 4 is 11.8 Å². The summed E-state index contributed by atoms with van der Waals surface area (Å²) < 4.78 is 11.0. The van der Waals surface area contributed by atoms with E-state index in [1.54, 1.807) is 26.0 Å². The van der Waals surface area contributed by atoms with Gasteiger partial charge in [0.1, 0.15) is 5.75 Å². The van der Waals surface area contributed by atoms with Gasteiger partial charge in [0.25, 0.3) is 0 Å². The maximum atomic E-state index is 5.61. The van der Waals surface area contributed by atoms with Crippen LogP contribution >= 0.6 is 11.8 Å².